The fourth-order valence-corrected chi connectivity index (χ4v) is 11.7. The number of nitrogens with one attached hydrogen (secondary N) is 1. The van der Waals surface area contributed by atoms with Crippen LogP contribution < -0.4 is 19.9 Å². The van der Waals surface area contributed by atoms with Gasteiger partial charge >= 0.3 is 6.01 Å². The van der Waals surface area contributed by atoms with Gasteiger partial charge in [-0.3, -0.25) is 39.3 Å². The number of fused-ring (bicyclic) bond motifs is 3. The van der Waals surface area contributed by atoms with Crippen LogP contribution in [0.5, 0.6) is 11.8 Å². The zero-order valence-electron chi connectivity index (χ0n) is 40.1. The average Bonchev–Trinajstić information content (AvgIpc) is 4.08. The average molecular weight is 974 g/mol. The number of carbonyl (C=O) groups is 4. The molecule has 4 amide bonds. The number of piperazine rings is 1. The molecule has 5 aliphatic heterocycles. The van der Waals surface area contributed by atoms with E-state index in [-0.39, 0.29) is 58.0 Å². The predicted molar refractivity (Wildman–Crippen MR) is 260 cm³/mol. The molecule has 11 rings (SSSR count). The highest BCUT2D eigenvalue weighted by molar-refractivity contribution is 6.23. The van der Waals surface area contributed by atoms with E-state index in [4.69, 9.17) is 14.7 Å². The molecule has 18 heteroatoms. The number of anilines is 2. The third-order valence-corrected chi connectivity index (χ3v) is 15.8. The lowest BCUT2D eigenvalue weighted by atomic mass is 9.94. The van der Waals surface area contributed by atoms with E-state index in [1.807, 2.05) is 11.8 Å². The molecule has 372 valence electrons. The minimum absolute atomic E-state index is 0.00781. The smallest absolute Gasteiger partial charge is 0.319 e. The number of rotatable bonds is 12. The van der Waals surface area contributed by atoms with Crippen LogP contribution in [0.1, 0.15) is 91.5 Å². The summed E-state index contributed by atoms with van der Waals surface area (Å²) in [7, 11) is 0. The van der Waals surface area contributed by atoms with Crippen LogP contribution in [0, 0.1) is 34.7 Å². The Bertz CT molecular complexity index is 2990. The second-order valence-electron chi connectivity index (χ2n) is 20.8. The minimum Gasteiger partial charge on any atom is -0.508 e. The molecule has 6 aliphatic rings. The number of hydrogen-bond acceptors (Lipinski definition) is 13. The molecule has 0 bridgehead atoms. The molecule has 2 aromatic heterocycles. The molecule has 5 fully saturated rings. The van der Waals surface area contributed by atoms with Gasteiger partial charge in [0.2, 0.25) is 11.8 Å². The van der Waals surface area contributed by atoms with Crippen molar-refractivity contribution in [2.24, 2.45) is 17.3 Å². The number of phenolic OH excluding ortho intramolecular Hbond substituents is 1. The number of aromatic hydroxyl groups is 1. The first kappa shape index (κ1) is 47.0. The number of aryl methyl sites for hydroxylation is 1. The molecular weight excluding hydrogens is 916 g/mol. The van der Waals surface area contributed by atoms with Crippen LogP contribution >= 0.6 is 0 Å². The topological polar surface area (TPSA) is 165 Å². The Balaban J connectivity index is 0.723. The van der Waals surface area contributed by atoms with Crippen molar-refractivity contribution in [3.8, 4) is 23.0 Å². The van der Waals surface area contributed by atoms with E-state index in [1.165, 1.54) is 18.2 Å². The Kier molecular flexibility index (Phi) is 12.3. The Hall–Kier alpha value is -6.40. The third-order valence-electron chi connectivity index (χ3n) is 15.8. The molecule has 7 heterocycles. The van der Waals surface area contributed by atoms with Crippen molar-refractivity contribution >= 4 is 56.8 Å². The first-order chi connectivity index (χ1) is 34.3. The first-order valence-corrected chi connectivity index (χ1v) is 25.2. The van der Waals surface area contributed by atoms with Gasteiger partial charge in [0.15, 0.2) is 5.82 Å². The highest BCUT2D eigenvalue weighted by Gasteiger charge is 2.47. The maximum atomic E-state index is 17.1. The maximum absolute atomic E-state index is 17.1. The summed E-state index contributed by atoms with van der Waals surface area (Å²) in [5.74, 6) is -2.81. The minimum atomic E-state index is -1.11. The number of likely N-dealkylation sites (tertiary alicyclic amines) is 1. The zero-order valence-corrected chi connectivity index (χ0v) is 40.1. The summed E-state index contributed by atoms with van der Waals surface area (Å²) in [6.45, 7) is 12.2. The van der Waals surface area contributed by atoms with Gasteiger partial charge in [-0.2, -0.15) is 9.97 Å². The second kappa shape index (κ2) is 18.7. The molecule has 3 aromatic carbocycles. The fraction of sp³-hybridized carbons (Fsp3) is 0.491. The Morgan fingerprint density at radius 2 is 1.59 bits per heavy atom. The molecule has 5 aromatic rings. The van der Waals surface area contributed by atoms with Gasteiger partial charge in [0.05, 0.1) is 28.8 Å². The van der Waals surface area contributed by atoms with Gasteiger partial charge in [-0.05, 0) is 123 Å². The SMILES string of the molecule is CCc1c(F)ccc2cc(O)cc(-c3ncc4c(N5CCC[C@H](C)C5)nc(OCC5(CN6CCC(CN7CCN(c8cc9c(cc8F)C(=O)N(C8CCC(=O)NC8=O)C9=O)CC7)CC6)CC5)nc4c3F)c12. The van der Waals surface area contributed by atoms with E-state index in [1.54, 1.807) is 18.3 Å². The lowest BCUT2D eigenvalue weighted by Crippen LogP contribution is -2.54. The number of carbonyl (C=O) groups excluding carboxylic acids is 4. The number of phenols is 1. The number of benzene rings is 3. The van der Waals surface area contributed by atoms with Gasteiger partial charge in [-0.25, -0.2) is 13.2 Å². The van der Waals surface area contributed by atoms with E-state index in [2.05, 4.69) is 31.9 Å². The summed E-state index contributed by atoms with van der Waals surface area (Å²) in [5, 5.41) is 14.5. The van der Waals surface area contributed by atoms with Crippen molar-refractivity contribution in [2.75, 3.05) is 81.9 Å². The van der Waals surface area contributed by atoms with Crippen LogP contribution in [0.3, 0.4) is 0 Å². The standard InChI is InChI=1S/C53H58F3N9O6/c1-3-34-39(54)7-6-32-21-33(66)22-37(44(32)34)46-45(56)47-38(25-57-46)48(64-14-4-5-30(2)26-64)60-52(59-47)71-29-53(12-13-53)28-62-15-10-31(11-16-62)27-61-17-19-63(20-18-61)42-24-36-35(23-40(42)55)50(69)65(51(36)70)41-8-9-43(67)58-49(41)68/h6-7,21-25,30-31,41,66H,3-5,8-20,26-29H2,1-2H3,(H,58,67,68)/t30-,41?/m0/s1. The summed E-state index contributed by atoms with van der Waals surface area (Å²) in [4.78, 5) is 74.9. The largest absolute Gasteiger partial charge is 0.508 e. The third kappa shape index (κ3) is 8.91. The lowest BCUT2D eigenvalue weighted by molar-refractivity contribution is -0.136. The zero-order chi connectivity index (χ0) is 49.3. The summed E-state index contributed by atoms with van der Waals surface area (Å²) in [6, 6.07) is 7.45. The van der Waals surface area contributed by atoms with Gasteiger partial charge in [0.25, 0.3) is 11.8 Å². The second-order valence-corrected chi connectivity index (χ2v) is 20.8. The van der Waals surface area contributed by atoms with E-state index >= 15 is 13.2 Å². The lowest BCUT2D eigenvalue weighted by Gasteiger charge is -2.40. The van der Waals surface area contributed by atoms with Crippen molar-refractivity contribution in [1.29, 1.82) is 0 Å². The fourth-order valence-electron chi connectivity index (χ4n) is 11.7. The molecule has 71 heavy (non-hydrogen) atoms. The van der Waals surface area contributed by atoms with Crippen molar-refractivity contribution < 1.29 is 42.2 Å². The van der Waals surface area contributed by atoms with Gasteiger partial charge in [0, 0.05) is 76.0 Å². The highest BCUT2D eigenvalue weighted by Crippen LogP contribution is 2.47. The van der Waals surface area contributed by atoms with Crippen LogP contribution in [-0.4, -0.2) is 136 Å². The van der Waals surface area contributed by atoms with Gasteiger partial charge < -0.3 is 24.5 Å². The monoisotopic (exact) mass is 973 g/mol. The van der Waals surface area contributed by atoms with Crippen LogP contribution in [0.4, 0.5) is 24.7 Å². The van der Waals surface area contributed by atoms with Crippen LogP contribution in [0.25, 0.3) is 32.9 Å². The molecule has 1 saturated carbocycles. The van der Waals surface area contributed by atoms with Crippen LogP contribution in [0.2, 0.25) is 0 Å². The molecule has 0 radical (unpaired) electrons. The molecule has 0 spiro atoms. The van der Waals surface area contributed by atoms with Crippen molar-refractivity contribution in [3.05, 3.63) is 76.7 Å². The number of hydrogen-bond donors (Lipinski definition) is 2. The normalized spacial score (nSPS) is 22.2. The molecular formula is C53H58F3N9O6. The van der Waals surface area contributed by atoms with Crippen molar-refractivity contribution in [3.63, 3.8) is 0 Å². The quantitative estimate of drug-likeness (QED) is 0.125. The van der Waals surface area contributed by atoms with E-state index < -0.39 is 47.1 Å². The number of pyridine rings is 1. The number of amides is 4. The number of piperidine rings is 3. The molecule has 4 saturated heterocycles. The number of imide groups is 2. The molecule has 2 atom stereocenters. The van der Waals surface area contributed by atoms with E-state index in [0.717, 1.165) is 102 Å². The Morgan fingerprint density at radius 3 is 2.31 bits per heavy atom. The summed E-state index contributed by atoms with van der Waals surface area (Å²) < 4.78 is 54.3. The van der Waals surface area contributed by atoms with E-state index in [9.17, 15) is 24.3 Å². The molecule has 1 aliphatic carbocycles. The summed E-state index contributed by atoms with van der Waals surface area (Å²) in [5.41, 5.74) is 0.926. The van der Waals surface area contributed by atoms with Crippen molar-refractivity contribution in [2.45, 2.75) is 77.7 Å². The summed E-state index contributed by atoms with van der Waals surface area (Å²) >= 11 is 0. The number of halogens is 3. The molecule has 15 nitrogen and oxygen atoms in total. The van der Waals surface area contributed by atoms with Crippen molar-refractivity contribution in [1.82, 2.24) is 35.0 Å². The van der Waals surface area contributed by atoms with Crippen LogP contribution in [-0.2, 0) is 16.0 Å². The highest BCUT2D eigenvalue weighted by atomic mass is 19.1. The Morgan fingerprint density at radius 1 is 0.831 bits per heavy atom. The van der Waals surface area contributed by atoms with Gasteiger partial charge in [-0.15, -0.1) is 0 Å². The Labute approximate surface area is 409 Å². The van der Waals surface area contributed by atoms with Gasteiger partial charge in [-0.1, -0.05) is 19.9 Å². The first-order valence-electron chi connectivity index (χ1n) is 25.2. The molecule has 2 N–H and O–H groups in total. The summed E-state index contributed by atoms with van der Waals surface area (Å²) in [6.07, 6.45) is 8.13. The van der Waals surface area contributed by atoms with E-state index in [0.29, 0.717) is 71.1 Å². The van der Waals surface area contributed by atoms with Crippen LogP contribution in [0.15, 0.2) is 42.6 Å². The number of nitrogens with zero attached hydrogens (tertiary/aromatic N) is 8. The molecule has 1 unspecified atom stereocenters. The maximum Gasteiger partial charge on any atom is 0.319 e. The van der Waals surface area contributed by atoms with Gasteiger partial charge in [0.1, 0.15) is 40.5 Å². The number of aromatic nitrogens is 3. The predicted octanol–water partition coefficient (Wildman–Crippen LogP) is 6.86. The number of ether oxygens (including phenoxy) is 1.